The number of benzene rings is 1. The minimum atomic E-state index is -3.18. The minimum absolute atomic E-state index is 0.0117. The Morgan fingerprint density at radius 3 is 2.39 bits per heavy atom. The van der Waals surface area contributed by atoms with Crippen molar-refractivity contribution in [3.63, 3.8) is 0 Å². The fraction of sp³-hybridized carbons (Fsp3) is 0.588. The van der Waals surface area contributed by atoms with E-state index in [2.05, 4.69) is 6.92 Å². The Labute approximate surface area is 139 Å². The van der Waals surface area contributed by atoms with E-state index in [1.807, 2.05) is 24.3 Å². The number of hydrogen-bond donors (Lipinski definition) is 0. The second kappa shape index (κ2) is 7.93. The molecule has 0 bridgehead atoms. The lowest BCUT2D eigenvalue weighted by Gasteiger charge is -2.21. The molecule has 1 aliphatic heterocycles. The summed E-state index contributed by atoms with van der Waals surface area (Å²) < 4.78 is 24.7. The summed E-state index contributed by atoms with van der Waals surface area (Å²) in [5.41, 5.74) is 1.93. The van der Waals surface area contributed by atoms with Gasteiger partial charge in [-0.3, -0.25) is 4.79 Å². The fourth-order valence-corrected chi connectivity index (χ4v) is 3.68. The van der Waals surface area contributed by atoms with E-state index >= 15 is 0 Å². The highest BCUT2D eigenvalue weighted by Gasteiger charge is 2.24. The van der Waals surface area contributed by atoms with E-state index in [4.69, 9.17) is 0 Å². The van der Waals surface area contributed by atoms with Crippen LogP contribution in [-0.2, 0) is 16.4 Å². The van der Waals surface area contributed by atoms with E-state index in [-0.39, 0.29) is 5.91 Å². The molecule has 128 valence electrons. The molecule has 0 spiro atoms. The van der Waals surface area contributed by atoms with Gasteiger partial charge in [0.25, 0.3) is 5.91 Å². The Morgan fingerprint density at radius 1 is 1.09 bits per heavy atom. The molecule has 23 heavy (non-hydrogen) atoms. The molecule has 2 rings (SSSR count). The second-order valence-electron chi connectivity index (χ2n) is 6.11. The molecule has 0 radical (unpaired) electrons. The smallest absolute Gasteiger partial charge is 0.253 e. The van der Waals surface area contributed by atoms with E-state index in [0.717, 1.165) is 19.3 Å². The fourth-order valence-electron chi connectivity index (χ4n) is 2.81. The molecule has 1 saturated heterocycles. The Morgan fingerprint density at radius 2 is 1.78 bits per heavy atom. The summed E-state index contributed by atoms with van der Waals surface area (Å²) in [7, 11) is -3.18. The maximum atomic E-state index is 12.6. The normalized spacial score (nSPS) is 17.0. The van der Waals surface area contributed by atoms with Gasteiger partial charge in [-0.2, -0.15) is 0 Å². The number of unbranched alkanes of at least 4 members (excludes halogenated alkanes) is 1. The molecule has 6 heteroatoms. The Kier molecular flexibility index (Phi) is 6.18. The van der Waals surface area contributed by atoms with Crippen LogP contribution in [-0.4, -0.2) is 56.0 Å². The van der Waals surface area contributed by atoms with Gasteiger partial charge in [-0.05, 0) is 37.0 Å². The molecule has 1 aromatic rings. The van der Waals surface area contributed by atoms with Crippen LogP contribution in [0, 0.1) is 0 Å². The molecule has 0 N–H and O–H groups in total. The van der Waals surface area contributed by atoms with E-state index < -0.39 is 10.0 Å². The van der Waals surface area contributed by atoms with E-state index in [1.54, 1.807) is 4.90 Å². The topological polar surface area (TPSA) is 57.7 Å². The van der Waals surface area contributed by atoms with Crippen LogP contribution >= 0.6 is 0 Å². The third-order valence-corrected chi connectivity index (χ3v) is 5.53. The first-order valence-corrected chi connectivity index (χ1v) is 10.1. The van der Waals surface area contributed by atoms with Crippen LogP contribution < -0.4 is 0 Å². The Bertz CT molecular complexity index is 626. The molecule has 0 atom stereocenters. The zero-order chi connectivity index (χ0) is 16.9. The van der Waals surface area contributed by atoms with Crippen molar-refractivity contribution < 1.29 is 13.2 Å². The van der Waals surface area contributed by atoms with E-state index in [1.165, 1.54) is 16.1 Å². The van der Waals surface area contributed by atoms with E-state index in [9.17, 15) is 13.2 Å². The molecule has 1 aliphatic rings. The highest BCUT2D eigenvalue weighted by atomic mass is 32.2. The molecule has 1 amide bonds. The van der Waals surface area contributed by atoms with Crippen LogP contribution in [0.1, 0.15) is 42.1 Å². The number of rotatable bonds is 5. The van der Waals surface area contributed by atoms with Gasteiger partial charge in [0, 0.05) is 31.7 Å². The van der Waals surface area contributed by atoms with E-state index in [0.29, 0.717) is 38.2 Å². The summed E-state index contributed by atoms with van der Waals surface area (Å²) in [5, 5.41) is 0. The number of nitrogens with zero attached hydrogens (tertiary/aromatic N) is 2. The third kappa shape index (κ3) is 5.04. The summed E-state index contributed by atoms with van der Waals surface area (Å²) >= 11 is 0. The third-order valence-electron chi connectivity index (χ3n) is 4.23. The van der Waals surface area contributed by atoms with Crippen LogP contribution in [0.25, 0.3) is 0 Å². The van der Waals surface area contributed by atoms with Gasteiger partial charge in [0.15, 0.2) is 0 Å². The monoisotopic (exact) mass is 338 g/mol. The first-order chi connectivity index (χ1) is 10.9. The highest BCUT2D eigenvalue weighted by molar-refractivity contribution is 7.88. The summed E-state index contributed by atoms with van der Waals surface area (Å²) in [6.07, 6.45) is 5.25. The first kappa shape index (κ1) is 17.9. The average Bonchev–Trinajstić information content (AvgIpc) is 2.78. The number of carbonyl (C=O) groups is 1. The van der Waals surface area contributed by atoms with Crippen molar-refractivity contribution in [1.29, 1.82) is 0 Å². The van der Waals surface area contributed by atoms with Crippen LogP contribution in [0.3, 0.4) is 0 Å². The van der Waals surface area contributed by atoms with Crippen molar-refractivity contribution in [1.82, 2.24) is 9.21 Å². The molecule has 0 aromatic heterocycles. The van der Waals surface area contributed by atoms with Crippen molar-refractivity contribution in [2.75, 3.05) is 32.4 Å². The molecule has 1 heterocycles. The lowest BCUT2D eigenvalue weighted by Crippen LogP contribution is -2.36. The van der Waals surface area contributed by atoms with Gasteiger partial charge >= 0.3 is 0 Å². The quantitative estimate of drug-likeness (QED) is 0.826. The van der Waals surface area contributed by atoms with Crippen molar-refractivity contribution in [2.45, 2.75) is 32.6 Å². The predicted molar refractivity (Wildman–Crippen MR) is 92.0 cm³/mol. The van der Waals surface area contributed by atoms with Gasteiger partial charge in [0.2, 0.25) is 10.0 Å². The zero-order valence-corrected chi connectivity index (χ0v) is 14.8. The summed E-state index contributed by atoms with van der Waals surface area (Å²) in [6, 6.07) is 7.80. The van der Waals surface area contributed by atoms with Crippen LogP contribution in [0.4, 0.5) is 0 Å². The number of carbonyl (C=O) groups excluding carboxylic acids is 1. The van der Waals surface area contributed by atoms with Crippen LogP contribution in [0.5, 0.6) is 0 Å². The molecule has 0 saturated carbocycles. The van der Waals surface area contributed by atoms with Gasteiger partial charge in [-0.25, -0.2) is 12.7 Å². The molecular weight excluding hydrogens is 312 g/mol. The predicted octanol–water partition coefficient (Wildman–Crippen LogP) is 2.14. The second-order valence-corrected chi connectivity index (χ2v) is 8.09. The van der Waals surface area contributed by atoms with Gasteiger partial charge in [-0.15, -0.1) is 0 Å². The summed E-state index contributed by atoms with van der Waals surface area (Å²) in [6.45, 7) is 4.07. The molecular formula is C17H26N2O3S. The Hall–Kier alpha value is -1.40. The molecule has 1 aromatic carbocycles. The standard InChI is InChI=1S/C17H26N2O3S/c1-3-4-6-15-7-9-16(10-8-15)17(20)18-11-5-12-19(14-13-18)23(2,21)22/h7-10H,3-6,11-14H2,1-2H3. The lowest BCUT2D eigenvalue weighted by atomic mass is 10.1. The van der Waals surface area contributed by atoms with Gasteiger partial charge in [-0.1, -0.05) is 25.5 Å². The average molecular weight is 338 g/mol. The molecule has 0 aliphatic carbocycles. The number of amides is 1. The SMILES string of the molecule is CCCCc1ccc(C(=O)N2CCCN(S(C)(=O)=O)CC2)cc1. The molecule has 5 nitrogen and oxygen atoms in total. The van der Waals surface area contributed by atoms with Crippen molar-refractivity contribution in [3.8, 4) is 0 Å². The van der Waals surface area contributed by atoms with Crippen molar-refractivity contribution in [2.24, 2.45) is 0 Å². The Balaban J connectivity index is 2.00. The van der Waals surface area contributed by atoms with Crippen molar-refractivity contribution in [3.05, 3.63) is 35.4 Å². The number of aryl methyl sites for hydroxylation is 1. The number of hydrogen-bond acceptors (Lipinski definition) is 3. The van der Waals surface area contributed by atoms with Gasteiger partial charge in [0.05, 0.1) is 6.26 Å². The lowest BCUT2D eigenvalue weighted by molar-refractivity contribution is 0.0764. The zero-order valence-electron chi connectivity index (χ0n) is 14.0. The molecule has 0 unspecified atom stereocenters. The summed E-state index contributed by atoms with van der Waals surface area (Å²) in [5.74, 6) is -0.0117. The first-order valence-electron chi connectivity index (χ1n) is 8.25. The summed E-state index contributed by atoms with van der Waals surface area (Å²) in [4.78, 5) is 14.3. The van der Waals surface area contributed by atoms with Crippen LogP contribution in [0.2, 0.25) is 0 Å². The maximum Gasteiger partial charge on any atom is 0.253 e. The highest BCUT2D eigenvalue weighted by Crippen LogP contribution is 2.13. The molecule has 1 fully saturated rings. The maximum absolute atomic E-state index is 12.6. The van der Waals surface area contributed by atoms with Crippen molar-refractivity contribution >= 4 is 15.9 Å². The minimum Gasteiger partial charge on any atom is -0.337 e. The van der Waals surface area contributed by atoms with Crippen LogP contribution in [0.15, 0.2) is 24.3 Å². The van der Waals surface area contributed by atoms with Gasteiger partial charge in [0.1, 0.15) is 0 Å². The number of sulfonamides is 1. The van der Waals surface area contributed by atoms with Gasteiger partial charge < -0.3 is 4.90 Å². The largest absolute Gasteiger partial charge is 0.337 e.